The van der Waals surface area contributed by atoms with Gasteiger partial charge in [0.1, 0.15) is 47.6 Å². The van der Waals surface area contributed by atoms with Crippen LogP contribution < -0.4 is 35.9 Å². The molecule has 6 N–H and O–H groups in total. The van der Waals surface area contributed by atoms with Crippen LogP contribution >= 0.6 is 23.5 Å². The Kier molecular flexibility index (Phi) is 20.5. The Morgan fingerprint density at radius 1 is 0.929 bits per heavy atom. The first kappa shape index (κ1) is 58.5. The summed E-state index contributed by atoms with van der Waals surface area (Å²) in [5.74, 6) is -1.66. The Morgan fingerprint density at radius 2 is 1.56 bits per heavy atom. The van der Waals surface area contributed by atoms with Crippen molar-refractivity contribution in [3.05, 3.63) is 48.0 Å². The lowest BCUT2D eigenvalue weighted by molar-refractivity contribution is -0.347. The molecule has 2 aromatic heterocycles. The van der Waals surface area contributed by atoms with Crippen LogP contribution in [0.3, 0.4) is 0 Å². The number of aryl methyl sites for hydroxylation is 2. The summed E-state index contributed by atoms with van der Waals surface area (Å²) in [4.78, 5) is 109. The van der Waals surface area contributed by atoms with Gasteiger partial charge in [-0.1, -0.05) is 52.0 Å². The summed E-state index contributed by atoms with van der Waals surface area (Å²) in [6.07, 6.45) is -3.07. The molecule has 0 spiro atoms. The summed E-state index contributed by atoms with van der Waals surface area (Å²) >= 11 is 0. The molecule has 392 valence electrons. The van der Waals surface area contributed by atoms with Gasteiger partial charge in [-0.2, -0.15) is 0 Å². The lowest BCUT2D eigenvalue weighted by atomic mass is 9.81. The minimum Gasteiger partial charge on any atom is -0.790 e. The van der Waals surface area contributed by atoms with E-state index in [1.54, 1.807) is 0 Å². The second-order valence-corrected chi connectivity index (χ2v) is 22.6. The maximum absolute atomic E-state index is 13.1. The van der Waals surface area contributed by atoms with E-state index in [2.05, 4.69) is 55.6 Å². The second kappa shape index (κ2) is 24.5. The van der Waals surface area contributed by atoms with E-state index >= 15 is 0 Å². The fourth-order valence-corrected chi connectivity index (χ4v) is 10.0. The molecule has 3 aromatic rings. The van der Waals surface area contributed by atoms with Crippen molar-refractivity contribution >= 4 is 64.5 Å². The van der Waals surface area contributed by atoms with Gasteiger partial charge in [-0.25, -0.2) is 19.3 Å². The number of aliphatic hydroxyl groups excluding tert-OH is 2. The number of Topliss-reactive ketones (excluding diaryl/α,β-unsaturated/α-hetero) is 1. The first-order valence-corrected chi connectivity index (χ1v) is 26.4. The number of hydrogen-bond acceptors (Lipinski definition) is 23. The number of nitrogen functional groups attached to an aromatic ring is 1. The number of fused-ring (bicyclic) bond motifs is 1. The molecule has 2 amide bonds. The van der Waals surface area contributed by atoms with E-state index in [0.29, 0.717) is 12.9 Å². The number of carbonyl (C=O) groups is 4. The number of hydrogen-bond donors (Lipinski definition) is 5. The van der Waals surface area contributed by atoms with E-state index in [1.807, 2.05) is 39.8 Å². The highest BCUT2D eigenvalue weighted by Gasteiger charge is 2.47. The van der Waals surface area contributed by atoms with Crippen molar-refractivity contribution in [3.63, 3.8) is 0 Å². The number of anilines is 1. The molecule has 7 unspecified atom stereocenters. The Bertz CT molecular complexity index is 2430. The van der Waals surface area contributed by atoms with E-state index in [1.165, 1.54) is 19.4 Å². The van der Waals surface area contributed by atoms with Crippen LogP contribution in [-0.4, -0.2) is 110 Å². The van der Waals surface area contributed by atoms with Crippen molar-refractivity contribution in [3.8, 4) is 0 Å². The zero-order valence-electron chi connectivity index (χ0n) is 39.5. The Balaban J connectivity index is 1.16. The smallest absolute Gasteiger partial charge is 0.293 e. The topological polar surface area (TPSA) is 401 Å². The predicted octanol–water partition coefficient (Wildman–Crippen LogP) is 0.160. The third-order valence-electron chi connectivity index (χ3n) is 11.4. The SMILES string of the molecule is CC(C)(CCCc1cccc(CCCC(C)(C)C(=O)CCNC(=O)CCNC(=O)C(O)C(C)(C)COP(=O)([O-])OP(=O)([O-])OCC2OC(n3cnc4c(N)ncnc43)C(O)C2OP(=O)([O-])[O-])c1)OC=O. The zero-order valence-corrected chi connectivity index (χ0v) is 42.1. The van der Waals surface area contributed by atoms with Crippen molar-refractivity contribution in [2.45, 2.75) is 129 Å². The van der Waals surface area contributed by atoms with Gasteiger partial charge in [0.2, 0.25) is 11.8 Å². The van der Waals surface area contributed by atoms with Crippen LogP contribution in [0.15, 0.2) is 36.9 Å². The highest BCUT2D eigenvalue weighted by atomic mass is 31.3. The van der Waals surface area contributed by atoms with Gasteiger partial charge in [0.25, 0.3) is 22.1 Å². The Labute approximate surface area is 403 Å². The second-order valence-electron chi connectivity index (χ2n) is 18.5. The molecular formula is C41H60N7O19P3-4. The van der Waals surface area contributed by atoms with Crippen molar-refractivity contribution in [1.82, 2.24) is 30.2 Å². The molecule has 0 bridgehead atoms. The molecule has 4 rings (SSSR count). The molecule has 1 fully saturated rings. The molecular weight excluding hydrogens is 987 g/mol. The van der Waals surface area contributed by atoms with Gasteiger partial charge >= 0.3 is 0 Å². The number of nitrogens with one attached hydrogen (secondary N) is 2. The number of phosphoric ester groups is 3. The van der Waals surface area contributed by atoms with Crippen molar-refractivity contribution < 1.29 is 90.0 Å². The van der Waals surface area contributed by atoms with Crippen LogP contribution in [0.5, 0.6) is 0 Å². The highest BCUT2D eigenvalue weighted by Crippen LogP contribution is 2.56. The number of benzene rings is 1. The molecule has 29 heteroatoms. The normalized spacial score (nSPS) is 20.1. The average molecular weight is 1050 g/mol. The lowest BCUT2D eigenvalue weighted by Gasteiger charge is -2.36. The fraction of sp³-hybridized carbons (Fsp3) is 0.634. The standard InChI is InChI=1S/C41H64N7O19P3/c1-39(2,16-8-12-26-10-7-11-27(20-26)13-9-17-41(5,6)62-25-49)29(50)14-18-43-30(51)15-19-44-37(54)34(53)40(3,4)22-64-70(60,61)67-69(58,59)63-21-28-33(66-68(55,56)57)32(52)38(65-28)48-24-47-31-35(42)45-23-46-36(31)48/h7,10-11,20,23-25,28,32-34,38,52-53H,8-9,12-19,21-22H2,1-6H3,(H,43,51)(H,44,54)(H,58,59)(H,60,61)(H2,42,45,46)(H2,55,56,57)/p-4. The van der Waals surface area contributed by atoms with Crippen LogP contribution in [0.4, 0.5) is 5.82 Å². The molecule has 0 saturated carbocycles. The minimum absolute atomic E-state index is 0.0272. The van der Waals surface area contributed by atoms with Gasteiger partial charge in [-0.15, -0.1) is 0 Å². The van der Waals surface area contributed by atoms with E-state index in [4.69, 9.17) is 15.2 Å². The molecule has 7 atom stereocenters. The van der Waals surface area contributed by atoms with Crippen LogP contribution in [0, 0.1) is 10.8 Å². The molecule has 1 saturated heterocycles. The van der Waals surface area contributed by atoms with Crippen LogP contribution in [-0.2, 0) is 73.1 Å². The van der Waals surface area contributed by atoms with E-state index < -0.39 is 95.6 Å². The summed E-state index contributed by atoms with van der Waals surface area (Å²) in [5, 5.41) is 26.5. The first-order chi connectivity index (χ1) is 32.4. The number of ether oxygens (including phenoxy) is 2. The Hall–Kier alpha value is -4.10. The van der Waals surface area contributed by atoms with Gasteiger partial charge in [0, 0.05) is 36.8 Å². The lowest BCUT2D eigenvalue weighted by Crippen LogP contribution is -2.46. The number of rotatable bonds is 30. The molecule has 3 heterocycles. The predicted molar refractivity (Wildman–Crippen MR) is 238 cm³/mol. The zero-order chi connectivity index (χ0) is 52.3. The van der Waals surface area contributed by atoms with Crippen molar-refractivity contribution in [1.29, 1.82) is 0 Å². The van der Waals surface area contributed by atoms with Gasteiger partial charge in [-0.3, -0.25) is 32.9 Å². The number of ketones is 1. The average Bonchev–Trinajstić information content (AvgIpc) is 3.81. The maximum atomic E-state index is 13.1. The minimum atomic E-state index is -5.94. The van der Waals surface area contributed by atoms with Crippen LogP contribution in [0.2, 0.25) is 0 Å². The highest BCUT2D eigenvalue weighted by molar-refractivity contribution is 7.59. The number of nitrogens with two attached hydrogens (primary N) is 1. The quantitative estimate of drug-likeness (QED) is 0.0438. The van der Waals surface area contributed by atoms with Gasteiger partial charge in [0.05, 0.1) is 27.4 Å². The number of imidazole rings is 1. The third kappa shape index (κ3) is 17.9. The monoisotopic (exact) mass is 1050 g/mol. The number of amides is 2. The summed E-state index contributed by atoms with van der Waals surface area (Å²) < 4.78 is 66.1. The summed E-state index contributed by atoms with van der Waals surface area (Å²) in [6.45, 7) is 7.79. The third-order valence-corrected chi connectivity index (χ3v) is 14.4. The maximum Gasteiger partial charge on any atom is 0.293 e. The molecule has 26 nitrogen and oxygen atoms in total. The van der Waals surface area contributed by atoms with Crippen molar-refractivity contribution in [2.75, 3.05) is 32.0 Å². The summed E-state index contributed by atoms with van der Waals surface area (Å²) in [6, 6.07) is 8.24. The first-order valence-electron chi connectivity index (χ1n) is 22.0. The molecule has 0 radical (unpaired) electrons. The number of nitrogens with zero attached hydrogens (tertiary/aromatic N) is 4. The van der Waals surface area contributed by atoms with E-state index in [-0.39, 0.29) is 48.7 Å². The van der Waals surface area contributed by atoms with Crippen molar-refractivity contribution in [2.24, 2.45) is 10.8 Å². The number of phosphoric acid groups is 3. The fourth-order valence-electron chi connectivity index (χ4n) is 7.29. The van der Waals surface area contributed by atoms with Gasteiger partial charge in [0.15, 0.2) is 17.7 Å². The number of aliphatic hydroxyl groups is 2. The van der Waals surface area contributed by atoms with Crippen LogP contribution in [0.25, 0.3) is 11.2 Å². The van der Waals surface area contributed by atoms with Crippen LogP contribution in [0.1, 0.15) is 97.4 Å². The largest absolute Gasteiger partial charge is 0.790 e. The summed E-state index contributed by atoms with van der Waals surface area (Å²) in [5.41, 5.74) is 5.20. The molecule has 1 aromatic carbocycles. The molecule has 1 aliphatic heterocycles. The summed E-state index contributed by atoms with van der Waals surface area (Å²) in [7, 11) is -17.7. The van der Waals surface area contributed by atoms with E-state index in [0.717, 1.165) is 54.9 Å². The van der Waals surface area contributed by atoms with Gasteiger partial charge < -0.3 is 73.8 Å². The van der Waals surface area contributed by atoms with Gasteiger partial charge in [-0.05, 0) is 63.5 Å². The Morgan fingerprint density at radius 3 is 2.20 bits per heavy atom. The van der Waals surface area contributed by atoms with E-state index in [9.17, 15) is 62.7 Å². The molecule has 0 aliphatic carbocycles. The number of carbonyl (C=O) groups excluding carboxylic acids is 4. The molecule has 1 aliphatic rings. The number of aromatic nitrogens is 4. The molecule has 70 heavy (non-hydrogen) atoms.